The minimum absolute atomic E-state index is 0. The average molecular weight is 497 g/mol. The van der Waals surface area contributed by atoms with Crippen LogP contribution in [0.15, 0.2) is 0 Å². The van der Waals surface area contributed by atoms with Crippen molar-refractivity contribution in [2.75, 3.05) is 66.5 Å². The van der Waals surface area contributed by atoms with E-state index in [1.165, 1.54) is 13.1 Å². The number of carbonyl (C=O) groups excluding carboxylic acids is 4. The predicted molar refractivity (Wildman–Crippen MR) is 119 cm³/mol. The largest absolute Gasteiger partial charge is 0.368 e. The zero-order chi connectivity index (χ0) is 22.6. The SMILES string of the molecule is C.CN1CCN(C(C(N)=O)C(N)=O)CC1.CN1CCNCC1.NC(=O)C(Br)C(N)=O. The van der Waals surface area contributed by atoms with Gasteiger partial charge in [0, 0.05) is 52.4 Å². The van der Waals surface area contributed by atoms with E-state index >= 15 is 0 Å². The number of primary amides is 4. The van der Waals surface area contributed by atoms with Gasteiger partial charge in [-0.1, -0.05) is 23.4 Å². The fourth-order valence-corrected chi connectivity index (χ4v) is 2.50. The number of alkyl halides is 1. The Balaban J connectivity index is 0. The zero-order valence-electron chi connectivity index (χ0n) is 17.0. The number of likely N-dealkylation sites (N-methyl/N-ethyl adjacent to an activating group) is 2. The van der Waals surface area contributed by atoms with Crippen molar-refractivity contribution in [2.24, 2.45) is 22.9 Å². The summed E-state index contributed by atoms with van der Waals surface area (Å²) >= 11 is 2.66. The van der Waals surface area contributed by atoms with Crippen LogP contribution in [0.2, 0.25) is 0 Å². The molecule has 0 aromatic carbocycles. The van der Waals surface area contributed by atoms with Gasteiger partial charge in [0.2, 0.25) is 23.6 Å². The number of piperazine rings is 2. The third kappa shape index (κ3) is 12.7. The van der Waals surface area contributed by atoms with Gasteiger partial charge >= 0.3 is 0 Å². The number of carbonyl (C=O) groups is 4. The zero-order valence-corrected chi connectivity index (χ0v) is 18.6. The fourth-order valence-electron chi connectivity index (χ4n) is 2.50. The molecule has 2 rings (SSSR count). The normalized spacial score (nSPS) is 17.6. The Kier molecular flexibility index (Phi) is 16.2. The molecule has 2 aliphatic heterocycles. The molecule has 2 aliphatic rings. The van der Waals surface area contributed by atoms with Crippen LogP contribution < -0.4 is 28.3 Å². The van der Waals surface area contributed by atoms with E-state index in [0.717, 1.165) is 26.2 Å². The second kappa shape index (κ2) is 16.0. The second-order valence-corrected chi connectivity index (χ2v) is 7.68. The Morgan fingerprint density at radius 3 is 1.33 bits per heavy atom. The summed E-state index contributed by atoms with van der Waals surface area (Å²) in [4.78, 5) is 47.1. The summed E-state index contributed by atoms with van der Waals surface area (Å²) < 4.78 is 0. The maximum atomic E-state index is 11.0. The van der Waals surface area contributed by atoms with E-state index in [1.807, 2.05) is 7.05 Å². The van der Waals surface area contributed by atoms with E-state index in [0.29, 0.717) is 13.1 Å². The lowest BCUT2D eigenvalue weighted by molar-refractivity contribution is -0.134. The standard InChI is InChI=1S/C8H16N4O2.C5H12N2.C3H5BrN2O2.CH4/c1-11-2-4-12(5-3-11)6(7(9)13)8(10)14;1-7-4-2-6-3-5-7;4-1(2(5)7)3(6)8;/h6H,2-5H2,1H3,(H2,9,13)(H2,10,14);6H,2-5H2,1H3;1H,(H2,5,7)(H2,6,8);1H4. The minimum Gasteiger partial charge on any atom is -0.368 e. The number of amides is 4. The smallest absolute Gasteiger partial charge is 0.244 e. The number of hydrogen-bond acceptors (Lipinski definition) is 8. The molecule has 9 N–H and O–H groups in total. The van der Waals surface area contributed by atoms with Crippen LogP contribution in [-0.4, -0.2) is 116 Å². The van der Waals surface area contributed by atoms with E-state index in [9.17, 15) is 19.2 Å². The first-order chi connectivity index (χ1) is 13.5. The summed E-state index contributed by atoms with van der Waals surface area (Å²) in [7, 11) is 4.14. The van der Waals surface area contributed by atoms with Gasteiger partial charge in [0.25, 0.3) is 0 Å². The fraction of sp³-hybridized carbons (Fsp3) is 0.765. The Labute approximate surface area is 186 Å². The molecule has 2 heterocycles. The highest BCUT2D eigenvalue weighted by molar-refractivity contribution is 9.10. The van der Waals surface area contributed by atoms with Gasteiger partial charge in [0.1, 0.15) is 0 Å². The van der Waals surface area contributed by atoms with Crippen molar-refractivity contribution < 1.29 is 19.2 Å². The summed E-state index contributed by atoms with van der Waals surface area (Å²) in [6.07, 6.45) is 0. The van der Waals surface area contributed by atoms with E-state index in [-0.39, 0.29) is 7.43 Å². The van der Waals surface area contributed by atoms with Crippen molar-refractivity contribution in [1.29, 1.82) is 0 Å². The van der Waals surface area contributed by atoms with Gasteiger partial charge in [-0.3, -0.25) is 24.1 Å². The van der Waals surface area contributed by atoms with Crippen LogP contribution in [0, 0.1) is 0 Å². The highest BCUT2D eigenvalue weighted by Crippen LogP contribution is 2.04. The molecule has 0 aromatic rings. The quantitative estimate of drug-likeness (QED) is 0.190. The molecule has 0 aliphatic carbocycles. The lowest BCUT2D eigenvalue weighted by Gasteiger charge is -2.35. The van der Waals surface area contributed by atoms with Gasteiger partial charge in [-0.15, -0.1) is 0 Å². The van der Waals surface area contributed by atoms with E-state index in [2.05, 4.69) is 49.6 Å². The molecule has 0 spiro atoms. The van der Waals surface area contributed by atoms with Crippen molar-refractivity contribution in [3.8, 4) is 0 Å². The molecule has 0 saturated carbocycles. The molecule has 13 heteroatoms. The molecule has 30 heavy (non-hydrogen) atoms. The predicted octanol–water partition coefficient (Wildman–Crippen LogP) is -3.55. The average Bonchev–Trinajstić information content (AvgIpc) is 2.64. The van der Waals surface area contributed by atoms with Crippen LogP contribution in [-0.2, 0) is 19.2 Å². The van der Waals surface area contributed by atoms with E-state index < -0.39 is 34.5 Å². The second-order valence-electron chi connectivity index (χ2n) is 6.77. The first-order valence-electron chi connectivity index (χ1n) is 9.10. The Bertz CT molecular complexity index is 524. The lowest BCUT2D eigenvalue weighted by atomic mass is 10.2. The molecule has 0 aromatic heterocycles. The summed E-state index contributed by atoms with van der Waals surface area (Å²) in [6.45, 7) is 7.67. The Morgan fingerprint density at radius 2 is 1.10 bits per heavy atom. The molecule has 0 atom stereocenters. The van der Waals surface area contributed by atoms with Crippen LogP contribution in [0.4, 0.5) is 0 Å². The molecule has 4 amide bonds. The molecular weight excluding hydrogens is 460 g/mol. The number of nitrogens with one attached hydrogen (secondary N) is 1. The van der Waals surface area contributed by atoms with Gasteiger partial charge in [-0.05, 0) is 14.1 Å². The third-order valence-corrected chi connectivity index (χ3v) is 5.18. The summed E-state index contributed by atoms with van der Waals surface area (Å²) in [5.41, 5.74) is 19.5. The molecular formula is C17H37BrN8O4. The van der Waals surface area contributed by atoms with Gasteiger partial charge in [0.05, 0.1) is 0 Å². The number of rotatable bonds is 5. The molecule has 2 fully saturated rings. The molecule has 12 nitrogen and oxygen atoms in total. The van der Waals surface area contributed by atoms with Crippen LogP contribution in [0.1, 0.15) is 7.43 Å². The topological polar surface area (TPSA) is 194 Å². The maximum absolute atomic E-state index is 11.0. The first-order valence-corrected chi connectivity index (χ1v) is 10.0. The Morgan fingerprint density at radius 1 is 0.733 bits per heavy atom. The summed E-state index contributed by atoms with van der Waals surface area (Å²) in [6, 6.07) is -0.955. The maximum Gasteiger partial charge on any atom is 0.244 e. The van der Waals surface area contributed by atoms with E-state index in [1.54, 1.807) is 4.90 Å². The highest BCUT2D eigenvalue weighted by Gasteiger charge is 2.30. The number of nitrogens with two attached hydrogens (primary N) is 4. The molecule has 0 radical (unpaired) electrons. The van der Waals surface area contributed by atoms with Crippen LogP contribution in [0.25, 0.3) is 0 Å². The molecule has 2 saturated heterocycles. The highest BCUT2D eigenvalue weighted by atomic mass is 79.9. The van der Waals surface area contributed by atoms with Crippen molar-refractivity contribution >= 4 is 39.6 Å². The number of halogens is 1. The minimum atomic E-state index is -1.04. The van der Waals surface area contributed by atoms with Crippen molar-refractivity contribution in [3.05, 3.63) is 0 Å². The number of hydrogen-bond donors (Lipinski definition) is 5. The third-order valence-electron chi connectivity index (χ3n) is 4.28. The van der Waals surface area contributed by atoms with Crippen LogP contribution >= 0.6 is 15.9 Å². The number of nitrogens with zero attached hydrogens (tertiary/aromatic N) is 3. The molecule has 176 valence electrons. The first kappa shape index (κ1) is 30.4. The monoisotopic (exact) mass is 496 g/mol. The van der Waals surface area contributed by atoms with Crippen molar-refractivity contribution in [2.45, 2.75) is 18.3 Å². The lowest BCUT2D eigenvalue weighted by Crippen LogP contribution is -2.58. The van der Waals surface area contributed by atoms with Crippen molar-refractivity contribution in [3.63, 3.8) is 0 Å². The summed E-state index contributed by atoms with van der Waals surface area (Å²) in [5.74, 6) is -2.86. The van der Waals surface area contributed by atoms with Gasteiger partial charge in [0.15, 0.2) is 10.9 Å². The van der Waals surface area contributed by atoms with Crippen molar-refractivity contribution in [1.82, 2.24) is 20.0 Å². The van der Waals surface area contributed by atoms with Gasteiger partial charge in [-0.25, -0.2) is 0 Å². The van der Waals surface area contributed by atoms with Crippen LogP contribution in [0.3, 0.4) is 0 Å². The molecule has 0 unspecified atom stereocenters. The summed E-state index contributed by atoms with van der Waals surface area (Å²) in [5, 5.41) is 3.27. The van der Waals surface area contributed by atoms with Gasteiger partial charge < -0.3 is 38.1 Å². The Hall–Kier alpha value is -1.80. The van der Waals surface area contributed by atoms with E-state index in [4.69, 9.17) is 11.5 Å². The van der Waals surface area contributed by atoms with Crippen LogP contribution in [0.5, 0.6) is 0 Å². The van der Waals surface area contributed by atoms with Gasteiger partial charge in [-0.2, -0.15) is 0 Å². The molecule has 0 bridgehead atoms.